The highest BCUT2D eigenvalue weighted by Crippen LogP contribution is 2.23. The minimum atomic E-state index is -2.23. The minimum Gasteiger partial charge on any atom is -0.481 e. The third-order valence-corrected chi connectivity index (χ3v) is 3.19. The summed E-state index contributed by atoms with van der Waals surface area (Å²) in [4.78, 5) is 33.9. The number of carbonyl (C=O) groups excluding carboxylic acids is 1. The Bertz CT molecular complexity index is 427. The molecule has 0 saturated heterocycles. The number of carbonyl (C=O) groups is 3. The lowest BCUT2D eigenvalue weighted by Crippen LogP contribution is -2.48. The zero-order valence-corrected chi connectivity index (χ0v) is 13.7. The van der Waals surface area contributed by atoms with Crippen LogP contribution in [0.3, 0.4) is 0 Å². The topological polar surface area (TPSA) is 121 Å². The second kappa shape index (κ2) is 7.55. The predicted octanol–water partition coefficient (Wildman–Crippen LogP) is -0.0591. The zero-order valence-electron chi connectivity index (χ0n) is 13.7. The third-order valence-electron chi connectivity index (χ3n) is 3.19. The van der Waals surface area contributed by atoms with Crippen LogP contribution in [0.1, 0.15) is 26.7 Å². The van der Waals surface area contributed by atoms with Gasteiger partial charge in [0.15, 0.2) is 11.7 Å². The van der Waals surface area contributed by atoms with Crippen LogP contribution in [-0.4, -0.2) is 77.1 Å². The van der Waals surface area contributed by atoms with Crippen LogP contribution in [0.2, 0.25) is 0 Å². The van der Waals surface area contributed by atoms with Crippen LogP contribution >= 0.6 is 0 Å². The molecule has 128 valence electrons. The number of ether oxygens (including phenoxy) is 1. The van der Waals surface area contributed by atoms with Gasteiger partial charge in [0.25, 0.3) is 0 Å². The van der Waals surface area contributed by atoms with E-state index >= 15 is 0 Å². The Morgan fingerprint density at radius 2 is 1.64 bits per heavy atom. The van der Waals surface area contributed by atoms with Crippen LogP contribution in [0, 0.1) is 5.92 Å². The summed E-state index contributed by atoms with van der Waals surface area (Å²) in [6, 6.07) is 0. The second-order valence-corrected chi connectivity index (χ2v) is 6.74. The molecule has 0 aromatic heterocycles. The van der Waals surface area contributed by atoms with Gasteiger partial charge in [-0.1, -0.05) is 13.8 Å². The summed E-state index contributed by atoms with van der Waals surface area (Å²) in [6.07, 6.45) is -2.00. The quantitative estimate of drug-likeness (QED) is 0.402. The van der Waals surface area contributed by atoms with E-state index in [9.17, 15) is 19.5 Å². The highest BCUT2D eigenvalue weighted by atomic mass is 16.5. The number of nitrogens with zero attached hydrogens (tertiary/aromatic N) is 1. The molecule has 0 heterocycles. The number of hydrogen-bond donors (Lipinski definition) is 3. The van der Waals surface area contributed by atoms with Crippen molar-refractivity contribution in [3.8, 4) is 0 Å². The molecule has 0 bridgehead atoms. The first-order valence-corrected chi connectivity index (χ1v) is 6.95. The zero-order chi connectivity index (χ0) is 17.7. The number of carboxylic acids is 2. The van der Waals surface area contributed by atoms with Crippen molar-refractivity contribution in [2.24, 2.45) is 5.92 Å². The summed E-state index contributed by atoms with van der Waals surface area (Å²) in [5.74, 6) is -4.27. The summed E-state index contributed by atoms with van der Waals surface area (Å²) in [5.41, 5.74) is -2.23. The van der Waals surface area contributed by atoms with Gasteiger partial charge in [-0.15, -0.1) is 0 Å². The van der Waals surface area contributed by atoms with E-state index in [0.29, 0.717) is 4.48 Å². The first kappa shape index (κ1) is 20.3. The van der Waals surface area contributed by atoms with E-state index < -0.39 is 42.0 Å². The van der Waals surface area contributed by atoms with E-state index in [1.54, 1.807) is 0 Å². The van der Waals surface area contributed by atoms with Gasteiger partial charge in [-0.3, -0.25) is 9.59 Å². The van der Waals surface area contributed by atoms with Crippen molar-refractivity contribution >= 4 is 17.9 Å². The van der Waals surface area contributed by atoms with Crippen molar-refractivity contribution in [2.75, 3.05) is 27.7 Å². The molecular formula is C14H26NO7+. The van der Waals surface area contributed by atoms with E-state index in [2.05, 4.69) is 0 Å². The van der Waals surface area contributed by atoms with E-state index in [4.69, 9.17) is 14.9 Å². The molecule has 0 aliphatic rings. The summed E-state index contributed by atoms with van der Waals surface area (Å²) < 4.78 is 5.45. The molecule has 8 nitrogen and oxygen atoms in total. The maximum absolute atomic E-state index is 11.9. The molecule has 8 heteroatoms. The van der Waals surface area contributed by atoms with Gasteiger partial charge in [-0.2, -0.15) is 0 Å². The van der Waals surface area contributed by atoms with Crippen molar-refractivity contribution in [1.29, 1.82) is 0 Å². The standard InChI is InChI=1S/C14H25NO7/c1-9(2)14(21,13(19)20)7-12(18)22-10(6-11(16)17)8-15(3,4)5/h9-10,21H,6-8H2,1-5H3,(H-,16,17,19,20)/p+1. The first-order chi connectivity index (χ1) is 9.78. The molecular weight excluding hydrogens is 294 g/mol. The highest BCUT2D eigenvalue weighted by Gasteiger charge is 2.42. The van der Waals surface area contributed by atoms with Gasteiger partial charge in [-0.05, 0) is 5.92 Å². The lowest BCUT2D eigenvalue weighted by Gasteiger charge is -2.30. The molecule has 0 aliphatic heterocycles. The Hall–Kier alpha value is -1.67. The third kappa shape index (κ3) is 6.86. The highest BCUT2D eigenvalue weighted by molar-refractivity contribution is 5.84. The number of rotatable bonds is 9. The smallest absolute Gasteiger partial charge is 0.336 e. The van der Waals surface area contributed by atoms with Crippen LogP contribution in [-0.2, 0) is 19.1 Å². The van der Waals surface area contributed by atoms with Gasteiger partial charge in [0, 0.05) is 0 Å². The van der Waals surface area contributed by atoms with E-state index in [0.717, 1.165) is 0 Å². The number of aliphatic carboxylic acids is 2. The molecule has 0 amide bonds. The normalized spacial score (nSPS) is 16.0. The Kier molecular flexibility index (Phi) is 6.98. The molecule has 22 heavy (non-hydrogen) atoms. The molecule has 2 atom stereocenters. The average Bonchev–Trinajstić information content (AvgIpc) is 2.24. The summed E-state index contributed by atoms with van der Waals surface area (Å²) in [6.45, 7) is 3.20. The van der Waals surface area contributed by atoms with Crippen molar-refractivity contribution in [3.05, 3.63) is 0 Å². The Morgan fingerprint density at radius 1 is 1.14 bits per heavy atom. The maximum Gasteiger partial charge on any atom is 0.336 e. The molecule has 0 rings (SSSR count). The summed E-state index contributed by atoms with van der Waals surface area (Å²) >= 11 is 0. The first-order valence-electron chi connectivity index (χ1n) is 6.95. The van der Waals surface area contributed by atoms with Gasteiger partial charge in [0.1, 0.15) is 6.54 Å². The molecule has 0 aromatic carbocycles. The van der Waals surface area contributed by atoms with Gasteiger partial charge in [-0.25, -0.2) is 4.79 Å². The molecule has 0 aliphatic carbocycles. The monoisotopic (exact) mass is 320 g/mol. The molecule has 2 unspecified atom stereocenters. The average molecular weight is 320 g/mol. The van der Waals surface area contributed by atoms with Gasteiger partial charge in [0.2, 0.25) is 0 Å². The minimum absolute atomic E-state index is 0.255. The van der Waals surface area contributed by atoms with Crippen LogP contribution < -0.4 is 0 Å². The SMILES string of the molecule is CC(C)C(O)(CC(=O)OC(CC(=O)O)C[N+](C)(C)C)C(=O)O. The Morgan fingerprint density at radius 3 is 1.95 bits per heavy atom. The molecule has 0 aromatic rings. The fourth-order valence-corrected chi connectivity index (χ4v) is 1.92. The predicted molar refractivity (Wildman–Crippen MR) is 77.1 cm³/mol. The number of esters is 1. The number of hydrogen-bond acceptors (Lipinski definition) is 5. The van der Waals surface area contributed by atoms with Crippen molar-refractivity contribution in [2.45, 2.75) is 38.4 Å². The lowest BCUT2D eigenvalue weighted by atomic mass is 9.87. The van der Waals surface area contributed by atoms with E-state index in [1.165, 1.54) is 13.8 Å². The fourth-order valence-electron chi connectivity index (χ4n) is 1.92. The van der Waals surface area contributed by atoms with Crippen LogP contribution in [0.4, 0.5) is 0 Å². The van der Waals surface area contributed by atoms with Crippen molar-refractivity contribution in [3.63, 3.8) is 0 Å². The largest absolute Gasteiger partial charge is 0.481 e. The Labute approximate surface area is 129 Å². The number of likely N-dealkylation sites (N-methyl/N-ethyl adjacent to an activating group) is 1. The fraction of sp³-hybridized carbons (Fsp3) is 0.786. The number of carboxylic acid groups (broad SMARTS) is 2. The van der Waals surface area contributed by atoms with E-state index in [-0.39, 0.29) is 13.0 Å². The van der Waals surface area contributed by atoms with Crippen LogP contribution in [0.15, 0.2) is 0 Å². The molecule has 0 radical (unpaired) electrons. The molecule has 0 spiro atoms. The van der Waals surface area contributed by atoms with Gasteiger partial charge < -0.3 is 24.5 Å². The van der Waals surface area contributed by atoms with E-state index in [1.807, 2.05) is 21.1 Å². The summed E-state index contributed by atoms with van der Waals surface area (Å²) in [7, 11) is 5.43. The summed E-state index contributed by atoms with van der Waals surface area (Å²) in [5, 5.41) is 28.0. The van der Waals surface area contributed by atoms with Gasteiger partial charge >= 0.3 is 17.9 Å². The van der Waals surface area contributed by atoms with Gasteiger partial charge in [0.05, 0.1) is 34.0 Å². The maximum atomic E-state index is 11.9. The second-order valence-electron chi connectivity index (χ2n) is 6.74. The molecule has 0 fully saturated rings. The van der Waals surface area contributed by atoms with Crippen LogP contribution in [0.25, 0.3) is 0 Å². The van der Waals surface area contributed by atoms with Crippen molar-refractivity contribution in [1.82, 2.24) is 0 Å². The van der Waals surface area contributed by atoms with Crippen molar-refractivity contribution < 1.29 is 38.9 Å². The number of aliphatic hydroxyl groups is 1. The molecule has 3 N–H and O–H groups in total. The number of quaternary nitrogens is 1. The Balaban J connectivity index is 4.95. The lowest BCUT2D eigenvalue weighted by molar-refractivity contribution is -0.873. The molecule has 0 saturated carbocycles. The van der Waals surface area contributed by atoms with Crippen LogP contribution in [0.5, 0.6) is 0 Å².